The topological polar surface area (TPSA) is 54.7 Å². The van der Waals surface area contributed by atoms with Gasteiger partial charge in [0, 0.05) is 39.4 Å². The average molecular weight is 447 g/mol. The van der Waals surface area contributed by atoms with Crippen LogP contribution in [0.25, 0.3) is 0 Å². The first-order chi connectivity index (χ1) is 11.3. The number of hydrogen-bond donors (Lipinski definition) is 1. The summed E-state index contributed by atoms with van der Waals surface area (Å²) in [5.74, 6) is 1.53. The van der Waals surface area contributed by atoms with Crippen LogP contribution in [0, 0.1) is 5.92 Å². The number of hydrogen-bond acceptors (Lipinski definition) is 3. The standard InChI is InChI=1S/C17H29N5O.HI/c1-18-17(21(2)12-14-8-10-23-13-14)19-11-15-7-9-22(20-15)16-5-3-4-6-16;/h7,9,14,16H,3-6,8,10-13H2,1-2H3,(H,18,19);1H. The number of nitrogens with zero attached hydrogens (tertiary/aromatic N) is 4. The molecule has 1 unspecified atom stereocenters. The SMILES string of the molecule is CN=C(NCc1ccn(C2CCCC2)n1)N(C)CC1CCOC1.I. The van der Waals surface area contributed by atoms with Gasteiger partial charge < -0.3 is 15.0 Å². The highest BCUT2D eigenvalue weighted by atomic mass is 127. The van der Waals surface area contributed by atoms with E-state index in [1.165, 1.54) is 25.7 Å². The van der Waals surface area contributed by atoms with E-state index in [2.05, 4.69) is 39.2 Å². The van der Waals surface area contributed by atoms with E-state index in [4.69, 9.17) is 9.84 Å². The average Bonchev–Trinajstić information content (AvgIpc) is 3.30. The van der Waals surface area contributed by atoms with Crippen molar-refractivity contribution < 1.29 is 4.74 Å². The molecule has 1 aromatic heterocycles. The molecule has 1 atom stereocenters. The number of aromatic nitrogens is 2. The van der Waals surface area contributed by atoms with Crippen molar-refractivity contribution in [1.82, 2.24) is 20.0 Å². The monoisotopic (exact) mass is 447 g/mol. The Morgan fingerprint density at radius 1 is 1.42 bits per heavy atom. The molecule has 1 aliphatic carbocycles. The number of nitrogens with one attached hydrogen (secondary N) is 1. The molecule has 0 spiro atoms. The number of halogens is 1. The smallest absolute Gasteiger partial charge is 0.193 e. The summed E-state index contributed by atoms with van der Waals surface area (Å²) in [7, 11) is 3.92. The highest BCUT2D eigenvalue weighted by Gasteiger charge is 2.20. The summed E-state index contributed by atoms with van der Waals surface area (Å²) in [5, 5.41) is 8.14. The zero-order chi connectivity index (χ0) is 16.1. The van der Waals surface area contributed by atoms with E-state index in [1.54, 1.807) is 0 Å². The molecule has 1 saturated heterocycles. The molecule has 6 nitrogen and oxygen atoms in total. The number of ether oxygens (including phenoxy) is 1. The molecule has 1 saturated carbocycles. The Hall–Kier alpha value is -0.830. The third-order valence-electron chi connectivity index (χ3n) is 4.92. The van der Waals surface area contributed by atoms with E-state index in [-0.39, 0.29) is 24.0 Å². The summed E-state index contributed by atoms with van der Waals surface area (Å²) in [6.45, 7) is 3.46. The van der Waals surface area contributed by atoms with Crippen LogP contribution in [0.4, 0.5) is 0 Å². The largest absolute Gasteiger partial charge is 0.381 e. The molecule has 24 heavy (non-hydrogen) atoms. The molecule has 1 aromatic rings. The first kappa shape index (κ1) is 19.5. The van der Waals surface area contributed by atoms with Crippen LogP contribution in [-0.4, -0.2) is 54.5 Å². The number of rotatable bonds is 5. The van der Waals surface area contributed by atoms with Gasteiger partial charge in [0.05, 0.1) is 24.9 Å². The number of aliphatic imine (C=N–C) groups is 1. The molecule has 136 valence electrons. The fourth-order valence-electron chi connectivity index (χ4n) is 3.60. The van der Waals surface area contributed by atoms with Gasteiger partial charge in [0.25, 0.3) is 0 Å². The van der Waals surface area contributed by atoms with Gasteiger partial charge in [-0.05, 0) is 25.3 Å². The molecule has 0 amide bonds. The van der Waals surface area contributed by atoms with Gasteiger partial charge in [-0.3, -0.25) is 9.67 Å². The third-order valence-corrected chi connectivity index (χ3v) is 4.92. The Labute approximate surface area is 162 Å². The van der Waals surface area contributed by atoms with E-state index in [0.717, 1.165) is 44.4 Å². The summed E-state index contributed by atoms with van der Waals surface area (Å²) >= 11 is 0. The second kappa shape index (κ2) is 9.60. The molecule has 0 radical (unpaired) electrons. The normalized spacial score (nSPS) is 21.8. The fourth-order valence-corrected chi connectivity index (χ4v) is 3.60. The quantitative estimate of drug-likeness (QED) is 0.429. The van der Waals surface area contributed by atoms with Crippen LogP contribution in [0.3, 0.4) is 0 Å². The minimum Gasteiger partial charge on any atom is -0.381 e. The molecule has 2 fully saturated rings. The first-order valence-electron chi connectivity index (χ1n) is 8.80. The lowest BCUT2D eigenvalue weighted by Crippen LogP contribution is -2.41. The van der Waals surface area contributed by atoms with E-state index < -0.39 is 0 Å². The van der Waals surface area contributed by atoms with Gasteiger partial charge >= 0.3 is 0 Å². The lowest BCUT2D eigenvalue weighted by Gasteiger charge is -2.24. The molecule has 2 heterocycles. The fraction of sp³-hybridized carbons (Fsp3) is 0.765. The van der Waals surface area contributed by atoms with Crippen LogP contribution in [-0.2, 0) is 11.3 Å². The van der Waals surface area contributed by atoms with Crippen LogP contribution in [0.1, 0.15) is 43.8 Å². The predicted molar refractivity (Wildman–Crippen MR) is 107 cm³/mol. The van der Waals surface area contributed by atoms with Crippen LogP contribution in [0.5, 0.6) is 0 Å². The van der Waals surface area contributed by atoms with Gasteiger partial charge in [0.2, 0.25) is 0 Å². The van der Waals surface area contributed by atoms with Crippen LogP contribution < -0.4 is 5.32 Å². The summed E-state index contributed by atoms with van der Waals surface area (Å²) in [6, 6.07) is 2.72. The van der Waals surface area contributed by atoms with Crippen LogP contribution in [0.15, 0.2) is 17.3 Å². The van der Waals surface area contributed by atoms with Gasteiger partial charge in [-0.1, -0.05) is 12.8 Å². The summed E-state index contributed by atoms with van der Waals surface area (Å²) in [5.41, 5.74) is 1.08. The molecular weight excluding hydrogens is 417 g/mol. The van der Waals surface area contributed by atoms with Crippen molar-refractivity contribution in [3.63, 3.8) is 0 Å². The van der Waals surface area contributed by atoms with Crippen molar-refractivity contribution in [2.75, 3.05) is 33.9 Å². The highest BCUT2D eigenvalue weighted by Crippen LogP contribution is 2.28. The van der Waals surface area contributed by atoms with Gasteiger partial charge in [-0.2, -0.15) is 5.10 Å². The van der Waals surface area contributed by atoms with E-state index in [0.29, 0.717) is 12.0 Å². The highest BCUT2D eigenvalue weighted by molar-refractivity contribution is 14.0. The maximum Gasteiger partial charge on any atom is 0.193 e. The zero-order valence-electron chi connectivity index (χ0n) is 14.8. The van der Waals surface area contributed by atoms with Crippen molar-refractivity contribution in [3.8, 4) is 0 Å². The predicted octanol–water partition coefficient (Wildman–Crippen LogP) is 2.66. The maximum absolute atomic E-state index is 5.45. The van der Waals surface area contributed by atoms with Gasteiger partial charge in [-0.25, -0.2) is 0 Å². The molecular formula is C17H30IN5O. The molecule has 7 heteroatoms. The van der Waals surface area contributed by atoms with E-state index in [1.807, 2.05) is 7.05 Å². The molecule has 1 aliphatic heterocycles. The van der Waals surface area contributed by atoms with Crippen molar-refractivity contribution in [3.05, 3.63) is 18.0 Å². The van der Waals surface area contributed by atoms with Crippen molar-refractivity contribution in [2.24, 2.45) is 10.9 Å². The number of guanidine groups is 1. The Kier molecular flexibility index (Phi) is 7.80. The lowest BCUT2D eigenvalue weighted by molar-refractivity contribution is 0.181. The lowest BCUT2D eigenvalue weighted by atomic mass is 10.1. The second-order valence-corrected chi connectivity index (χ2v) is 6.74. The molecule has 3 rings (SSSR count). The first-order valence-corrected chi connectivity index (χ1v) is 8.80. The molecule has 0 bridgehead atoms. The van der Waals surface area contributed by atoms with Crippen LogP contribution >= 0.6 is 24.0 Å². The van der Waals surface area contributed by atoms with Crippen molar-refractivity contribution >= 4 is 29.9 Å². The summed E-state index contributed by atoms with van der Waals surface area (Å²) < 4.78 is 7.60. The second-order valence-electron chi connectivity index (χ2n) is 6.74. The van der Waals surface area contributed by atoms with Crippen molar-refractivity contribution in [2.45, 2.75) is 44.7 Å². The van der Waals surface area contributed by atoms with Crippen LogP contribution in [0.2, 0.25) is 0 Å². The van der Waals surface area contributed by atoms with E-state index in [9.17, 15) is 0 Å². The Morgan fingerprint density at radius 2 is 2.21 bits per heavy atom. The van der Waals surface area contributed by atoms with Crippen molar-refractivity contribution in [1.29, 1.82) is 0 Å². The van der Waals surface area contributed by atoms with Gasteiger partial charge in [0.15, 0.2) is 5.96 Å². The van der Waals surface area contributed by atoms with E-state index >= 15 is 0 Å². The molecule has 2 aliphatic rings. The Bertz CT molecular complexity index is 521. The van der Waals surface area contributed by atoms with Gasteiger partial charge in [-0.15, -0.1) is 24.0 Å². The summed E-state index contributed by atoms with van der Waals surface area (Å²) in [4.78, 5) is 6.57. The zero-order valence-corrected chi connectivity index (χ0v) is 17.1. The minimum absolute atomic E-state index is 0. The minimum atomic E-state index is 0. The van der Waals surface area contributed by atoms with Gasteiger partial charge in [0.1, 0.15) is 0 Å². The Balaban J connectivity index is 0.00000208. The summed E-state index contributed by atoms with van der Waals surface area (Å²) in [6.07, 6.45) is 8.47. The maximum atomic E-state index is 5.45. The third kappa shape index (κ3) is 5.08. The molecule has 1 N–H and O–H groups in total. The Morgan fingerprint density at radius 3 is 2.88 bits per heavy atom. The molecule has 0 aromatic carbocycles.